The number of hydrogen-bond donors (Lipinski definition) is 1. The Bertz CT molecular complexity index is 441. The summed E-state index contributed by atoms with van der Waals surface area (Å²) in [4.78, 5) is 22.2. The van der Waals surface area contributed by atoms with Crippen molar-refractivity contribution in [2.24, 2.45) is 5.41 Å². The van der Waals surface area contributed by atoms with E-state index >= 15 is 0 Å². The summed E-state index contributed by atoms with van der Waals surface area (Å²) in [5, 5.41) is 9.59. The Hall–Kier alpha value is -1.53. The van der Waals surface area contributed by atoms with Gasteiger partial charge in [-0.15, -0.1) is 0 Å². The molecule has 1 aliphatic rings. The average molecular weight is 279 g/mol. The molecule has 1 fully saturated rings. The van der Waals surface area contributed by atoms with Crippen LogP contribution < -0.4 is 0 Å². The van der Waals surface area contributed by atoms with Gasteiger partial charge in [-0.25, -0.2) is 9.97 Å². The first-order valence-corrected chi connectivity index (χ1v) is 6.87. The third-order valence-electron chi connectivity index (χ3n) is 3.88. The van der Waals surface area contributed by atoms with Crippen molar-refractivity contribution in [2.75, 3.05) is 26.8 Å². The highest BCUT2D eigenvalue weighted by molar-refractivity contribution is 5.75. The lowest BCUT2D eigenvalue weighted by molar-refractivity contribution is -0.154. The molecule has 0 aromatic carbocycles. The van der Waals surface area contributed by atoms with Crippen LogP contribution in [0.25, 0.3) is 0 Å². The van der Waals surface area contributed by atoms with Crippen LogP contribution in [0.15, 0.2) is 18.5 Å². The summed E-state index contributed by atoms with van der Waals surface area (Å²) in [5.41, 5.74) is -0.705. The van der Waals surface area contributed by atoms with Crippen molar-refractivity contribution < 1.29 is 14.6 Å². The summed E-state index contributed by atoms with van der Waals surface area (Å²) < 4.78 is 5.07. The third kappa shape index (κ3) is 3.52. The van der Waals surface area contributed by atoms with Gasteiger partial charge in [0.2, 0.25) is 0 Å². The first-order chi connectivity index (χ1) is 9.66. The number of aromatic nitrogens is 2. The number of hydrogen-bond acceptors (Lipinski definition) is 5. The van der Waals surface area contributed by atoms with Crippen LogP contribution in [0.4, 0.5) is 0 Å². The van der Waals surface area contributed by atoms with Gasteiger partial charge in [-0.05, 0) is 31.9 Å². The summed E-state index contributed by atoms with van der Waals surface area (Å²) in [7, 11) is 1.61. The van der Waals surface area contributed by atoms with E-state index in [0.717, 1.165) is 18.8 Å². The number of aliphatic carboxylic acids is 1. The standard InChI is InChI=1S/C14H21N3O3/c1-20-9-5-14(13(18)19)4-2-8-17(11-14)10-12-15-6-3-7-16-12/h3,6-7H,2,4-5,8-11H2,1H3,(H,18,19)/t14-/m0/s1. The Morgan fingerprint density at radius 1 is 1.50 bits per heavy atom. The number of nitrogens with zero attached hydrogens (tertiary/aromatic N) is 3. The predicted molar refractivity (Wildman–Crippen MR) is 73.1 cm³/mol. The van der Waals surface area contributed by atoms with Crippen LogP contribution in [0.1, 0.15) is 25.1 Å². The van der Waals surface area contributed by atoms with E-state index < -0.39 is 11.4 Å². The van der Waals surface area contributed by atoms with E-state index in [-0.39, 0.29) is 0 Å². The molecule has 0 bridgehead atoms. The number of carboxylic acids is 1. The van der Waals surface area contributed by atoms with Crippen LogP contribution in [-0.2, 0) is 16.1 Å². The van der Waals surface area contributed by atoms with Crippen molar-refractivity contribution >= 4 is 5.97 Å². The van der Waals surface area contributed by atoms with Crippen molar-refractivity contribution in [3.8, 4) is 0 Å². The summed E-state index contributed by atoms with van der Waals surface area (Å²) in [6, 6.07) is 1.78. The van der Waals surface area contributed by atoms with Gasteiger partial charge in [0.1, 0.15) is 5.82 Å². The monoisotopic (exact) mass is 279 g/mol. The first-order valence-electron chi connectivity index (χ1n) is 6.87. The van der Waals surface area contributed by atoms with Crippen molar-refractivity contribution in [3.05, 3.63) is 24.3 Å². The highest BCUT2D eigenvalue weighted by Gasteiger charge is 2.42. The second-order valence-electron chi connectivity index (χ2n) is 5.31. The fourth-order valence-corrected chi connectivity index (χ4v) is 2.76. The number of carbonyl (C=O) groups is 1. The molecular formula is C14H21N3O3. The number of methoxy groups -OCH3 is 1. The lowest BCUT2D eigenvalue weighted by Crippen LogP contribution is -2.48. The normalized spacial score (nSPS) is 23.6. The van der Waals surface area contributed by atoms with Crippen LogP contribution in [0.2, 0.25) is 0 Å². The molecule has 1 aromatic rings. The van der Waals surface area contributed by atoms with Gasteiger partial charge >= 0.3 is 5.97 Å². The molecule has 1 aromatic heterocycles. The summed E-state index contributed by atoms with van der Waals surface area (Å²) in [6.45, 7) is 2.50. The van der Waals surface area contributed by atoms with Crippen molar-refractivity contribution in [1.29, 1.82) is 0 Å². The molecule has 6 heteroatoms. The fourth-order valence-electron chi connectivity index (χ4n) is 2.76. The average Bonchev–Trinajstić information content (AvgIpc) is 2.46. The van der Waals surface area contributed by atoms with Crippen LogP contribution >= 0.6 is 0 Å². The maximum atomic E-state index is 11.7. The number of rotatable bonds is 6. The van der Waals surface area contributed by atoms with E-state index in [1.165, 1.54) is 0 Å². The molecule has 0 aliphatic carbocycles. The molecule has 110 valence electrons. The van der Waals surface area contributed by atoms with E-state index in [1.807, 2.05) is 0 Å². The Labute approximate surface area is 118 Å². The lowest BCUT2D eigenvalue weighted by Gasteiger charge is -2.39. The molecule has 0 saturated carbocycles. The Balaban J connectivity index is 2.04. The van der Waals surface area contributed by atoms with Gasteiger partial charge in [-0.2, -0.15) is 0 Å². The molecule has 6 nitrogen and oxygen atoms in total. The van der Waals surface area contributed by atoms with Gasteiger partial charge in [0.15, 0.2) is 0 Å². The number of ether oxygens (including phenoxy) is 1. The van der Waals surface area contributed by atoms with Gasteiger partial charge in [-0.3, -0.25) is 9.69 Å². The van der Waals surface area contributed by atoms with Crippen LogP contribution in [0.3, 0.4) is 0 Å². The second-order valence-corrected chi connectivity index (χ2v) is 5.31. The van der Waals surface area contributed by atoms with Crippen molar-refractivity contribution in [2.45, 2.75) is 25.8 Å². The third-order valence-corrected chi connectivity index (χ3v) is 3.88. The van der Waals surface area contributed by atoms with Crippen molar-refractivity contribution in [3.63, 3.8) is 0 Å². The molecule has 2 heterocycles. The molecule has 0 amide bonds. The minimum absolute atomic E-state index is 0.474. The first kappa shape index (κ1) is 14.9. The number of likely N-dealkylation sites (tertiary alicyclic amines) is 1. The van der Waals surface area contributed by atoms with Crippen LogP contribution in [0.5, 0.6) is 0 Å². The Morgan fingerprint density at radius 3 is 2.90 bits per heavy atom. The van der Waals surface area contributed by atoms with E-state index in [0.29, 0.717) is 32.5 Å². The van der Waals surface area contributed by atoms with Gasteiger partial charge < -0.3 is 9.84 Å². The Kier molecular flexibility index (Phi) is 5.03. The van der Waals surface area contributed by atoms with Gasteiger partial charge in [0.25, 0.3) is 0 Å². The van der Waals surface area contributed by atoms with E-state index in [9.17, 15) is 9.90 Å². The molecule has 2 rings (SSSR count). The number of piperidine rings is 1. The quantitative estimate of drug-likeness (QED) is 0.842. The molecular weight excluding hydrogens is 258 g/mol. The second kappa shape index (κ2) is 6.76. The zero-order valence-corrected chi connectivity index (χ0v) is 11.8. The zero-order chi connectivity index (χ0) is 14.4. The number of carboxylic acid groups (broad SMARTS) is 1. The van der Waals surface area contributed by atoms with E-state index in [4.69, 9.17) is 4.74 Å². The molecule has 0 radical (unpaired) electrons. The maximum Gasteiger partial charge on any atom is 0.311 e. The molecule has 1 atom stereocenters. The molecule has 1 N–H and O–H groups in total. The van der Waals surface area contributed by atoms with Crippen LogP contribution in [0, 0.1) is 5.41 Å². The van der Waals surface area contributed by atoms with Gasteiger partial charge in [0, 0.05) is 32.7 Å². The van der Waals surface area contributed by atoms with Gasteiger partial charge in [-0.1, -0.05) is 0 Å². The SMILES string of the molecule is COCC[C@@]1(C(=O)O)CCCN(Cc2ncccn2)C1. The maximum absolute atomic E-state index is 11.7. The van der Waals surface area contributed by atoms with E-state index in [1.54, 1.807) is 25.6 Å². The molecule has 1 aliphatic heterocycles. The van der Waals surface area contributed by atoms with Crippen LogP contribution in [-0.4, -0.2) is 52.7 Å². The van der Waals surface area contributed by atoms with Crippen molar-refractivity contribution in [1.82, 2.24) is 14.9 Å². The van der Waals surface area contributed by atoms with Gasteiger partial charge in [0.05, 0.1) is 12.0 Å². The lowest BCUT2D eigenvalue weighted by atomic mass is 9.77. The summed E-state index contributed by atoms with van der Waals surface area (Å²) in [6.07, 6.45) is 5.55. The molecule has 20 heavy (non-hydrogen) atoms. The molecule has 1 saturated heterocycles. The highest BCUT2D eigenvalue weighted by Crippen LogP contribution is 2.34. The highest BCUT2D eigenvalue weighted by atomic mass is 16.5. The smallest absolute Gasteiger partial charge is 0.311 e. The predicted octanol–water partition coefficient (Wildman–Crippen LogP) is 1.18. The largest absolute Gasteiger partial charge is 0.481 e. The Morgan fingerprint density at radius 2 is 2.25 bits per heavy atom. The zero-order valence-electron chi connectivity index (χ0n) is 11.8. The summed E-state index contributed by atoms with van der Waals surface area (Å²) >= 11 is 0. The minimum atomic E-state index is -0.728. The molecule has 0 unspecified atom stereocenters. The fraction of sp³-hybridized carbons (Fsp3) is 0.643. The minimum Gasteiger partial charge on any atom is -0.481 e. The summed E-state index contributed by atoms with van der Waals surface area (Å²) in [5.74, 6) is 0.00802. The van der Waals surface area contributed by atoms with E-state index in [2.05, 4.69) is 14.9 Å². The molecule has 0 spiro atoms. The topological polar surface area (TPSA) is 75.6 Å².